The van der Waals surface area contributed by atoms with Gasteiger partial charge in [0.25, 0.3) is 0 Å². The summed E-state index contributed by atoms with van der Waals surface area (Å²) in [6.07, 6.45) is 0. The van der Waals surface area contributed by atoms with E-state index in [2.05, 4.69) is 0 Å². The van der Waals surface area contributed by atoms with Gasteiger partial charge in [-0.3, -0.25) is 4.79 Å². The molecule has 0 fully saturated rings. The molecule has 0 radical (unpaired) electrons. The molecule has 0 saturated carbocycles. The predicted molar refractivity (Wildman–Crippen MR) is 130 cm³/mol. The van der Waals surface area contributed by atoms with Crippen molar-refractivity contribution in [3.05, 3.63) is 87.6 Å². The minimum atomic E-state index is -3.80. The van der Waals surface area contributed by atoms with Crippen LogP contribution in [0.15, 0.2) is 70.9 Å². The largest absolute Gasteiger partial charge is 0.332 e. The molecule has 1 heterocycles. The molecule has 0 spiro atoms. The van der Waals surface area contributed by atoms with Crippen molar-refractivity contribution in [2.24, 2.45) is 0 Å². The van der Waals surface area contributed by atoms with E-state index in [-0.39, 0.29) is 23.4 Å². The quantitative estimate of drug-likeness (QED) is 0.443. The highest BCUT2D eigenvalue weighted by molar-refractivity contribution is 7.89. The van der Waals surface area contributed by atoms with Crippen LogP contribution in [0.4, 0.5) is 0 Å². The van der Waals surface area contributed by atoms with E-state index in [4.69, 9.17) is 0 Å². The molecule has 32 heavy (non-hydrogen) atoms. The summed E-state index contributed by atoms with van der Waals surface area (Å²) in [7, 11) is -3.80. The van der Waals surface area contributed by atoms with Crippen molar-refractivity contribution in [1.82, 2.24) is 9.21 Å². The number of thiophene rings is 1. The number of hydrogen-bond donors (Lipinski definition) is 0. The molecule has 0 unspecified atom stereocenters. The van der Waals surface area contributed by atoms with Crippen LogP contribution in [-0.2, 0) is 27.9 Å². The standard InChI is InChI=1S/C25H30N2O3S2/c1-19(2)27(32(29,30)23-12-10-20(3)11-13-23)18-25(28)26(16-22-8-6-5-7-9-22)17-24-21(4)14-15-31-24/h5-15,19H,16-18H2,1-4H3. The topological polar surface area (TPSA) is 57.7 Å². The molecule has 2 aromatic carbocycles. The van der Waals surface area contributed by atoms with E-state index < -0.39 is 10.0 Å². The average molecular weight is 471 g/mol. The number of carbonyl (C=O) groups excluding carboxylic acids is 1. The molecule has 3 aromatic rings. The average Bonchev–Trinajstić information content (AvgIpc) is 3.16. The molecule has 0 saturated heterocycles. The normalized spacial score (nSPS) is 11.8. The lowest BCUT2D eigenvalue weighted by Gasteiger charge is -2.29. The monoisotopic (exact) mass is 470 g/mol. The fourth-order valence-corrected chi connectivity index (χ4v) is 5.91. The SMILES string of the molecule is Cc1ccc(S(=O)(=O)N(CC(=O)N(Cc2ccccc2)Cc2sccc2C)C(C)C)cc1. The van der Waals surface area contributed by atoms with Gasteiger partial charge in [0.1, 0.15) is 0 Å². The van der Waals surface area contributed by atoms with Crippen LogP contribution in [0.3, 0.4) is 0 Å². The number of hydrogen-bond acceptors (Lipinski definition) is 4. The van der Waals surface area contributed by atoms with E-state index in [1.807, 2.05) is 55.6 Å². The van der Waals surface area contributed by atoms with Crippen LogP contribution in [-0.4, -0.2) is 36.1 Å². The predicted octanol–water partition coefficient (Wildman–Crippen LogP) is 4.99. The molecule has 7 heteroatoms. The maximum atomic E-state index is 13.5. The number of rotatable bonds is 9. The van der Waals surface area contributed by atoms with Crippen LogP contribution in [0.25, 0.3) is 0 Å². The van der Waals surface area contributed by atoms with Gasteiger partial charge in [-0.25, -0.2) is 8.42 Å². The lowest BCUT2D eigenvalue weighted by molar-refractivity contribution is -0.132. The Kier molecular flexibility index (Phi) is 7.87. The first-order valence-electron chi connectivity index (χ1n) is 10.6. The van der Waals surface area contributed by atoms with Crippen LogP contribution in [0.1, 0.15) is 35.4 Å². The third-order valence-electron chi connectivity index (χ3n) is 5.37. The van der Waals surface area contributed by atoms with Crippen LogP contribution < -0.4 is 0 Å². The Labute approximate surface area is 195 Å². The molecule has 1 amide bonds. The van der Waals surface area contributed by atoms with Crippen molar-refractivity contribution in [3.8, 4) is 0 Å². The van der Waals surface area contributed by atoms with Crippen LogP contribution in [0.2, 0.25) is 0 Å². The van der Waals surface area contributed by atoms with Crippen LogP contribution in [0, 0.1) is 13.8 Å². The Morgan fingerprint density at radius 3 is 2.16 bits per heavy atom. The van der Waals surface area contributed by atoms with E-state index in [0.717, 1.165) is 21.6 Å². The number of benzene rings is 2. The van der Waals surface area contributed by atoms with Gasteiger partial charge >= 0.3 is 0 Å². The summed E-state index contributed by atoms with van der Waals surface area (Å²) >= 11 is 1.61. The first kappa shape index (κ1) is 24.2. The van der Waals surface area contributed by atoms with Gasteiger partial charge in [-0.1, -0.05) is 48.0 Å². The van der Waals surface area contributed by atoms with Gasteiger partial charge in [0.05, 0.1) is 18.0 Å². The van der Waals surface area contributed by atoms with Gasteiger partial charge in [0, 0.05) is 17.5 Å². The molecule has 0 bridgehead atoms. The van der Waals surface area contributed by atoms with Gasteiger partial charge in [-0.2, -0.15) is 4.31 Å². The zero-order chi connectivity index (χ0) is 23.3. The second-order valence-corrected chi connectivity index (χ2v) is 11.1. The molecule has 5 nitrogen and oxygen atoms in total. The lowest BCUT2D eigenvalue weighted by Crippen LogP contribution is -2.45. The maximum absolute atomic E-state index is 13.5. The second kappa shape index (κ2) is 10.4. The van der Waals surface area contributed by atoms with E-state index >= 15 is 0 Å². The van der Waals surface area contributed by atoms with Crippen LogP contribution >= 0.6 is 11.3 Å². The first-order chi connectivity index (χ1) is 15.2. The van der Waals surface area contributed by atoms with Gasteiger partial charge in [0.15, 0.2) is 0 Å². The molecule has 1 aromatic heterocycles. The maximum Gasteiger partial charge on any atom is 0.243 e. The molecule has 3 rings (SSSR count). The molecule has 0 aliphatic carbocycles. The molecular weight excluding hydrogens is 440 g/mol. The number of sulfonamides is 1. The summed E-state index contributed by atoms with van der Waals surface area (Å²) in [6, 6.07) is 18.2. The summed E-state index contributed by atoms with van der Waals surface area (Å²) in [5.74, 6) is -0.217. The van der Waals surface area contributed by atoms with Gasteiger partial charge in [0.2, 0.25) is 15.9 Å². The second-order valence-electron chi connectivity index (χ2n) is 8.22. The zero-order valence-corrected chi connectivity index (χ0v) is 20.6. The minimum absolute atomic E-state index is 0.202. The highest BCUT2D eigenvalue weighted by Crippen LogP contribution is 2.22. The summed E-state index contributed by atoms with van der Waals surface area (Å²) < 4.78 is 28.0. The molecule has 0 atom stereocenters. The van der Waals surface area contributed by atoms with Gasteiger partial charge < -0.3 is 4.90 Å². The lowest BCUT2D eigenvalue weighted by atomic mass is 10.2. The van der Waals surface area contributed by atoms with Gasteiger partial charge in [-0.15, -0.1) is 11.3 Å². The number of amides is 1. The van der Waals surface area contributed by atoms with Crippen molar-refractivity contribution in [1.29, 1.82) is 0 Å². The third kappa shape index (κ3) is 5.85. The van der Waals surface area contributed by atoms with Gasteiger partial charge in [-0.05, 0) is 62.4 Å². The van der Waals surface area contributed by atoms with E-state index in [1.54, 1.807) is 54.3 Å². The van der Waals surface area contributed by atoms with Crippen LogP contribution in [0.5, 0.6) is 0 Å². The van der Waals surface area contributed by atoms with Crippen molar-refractivity contribution in [3.63, 3.8) is 0 Å². The summed E-state index contributed by atoms with van der Waals surface area (Å²) in [6.45, 7) is 8.20. The third-order valence-corrected chi connectivity index (χ3v) is 8.41. The fourth-order valence-electron chi connectivity index (χ4n) is 3.40. The fraction of sp³-hybridized carbons (Fsp3) is 0.320. The number of nitrogens with zero attached hydrogens (tertiary/aromatic N) is 2. The Hall–Kier alpha value is -2.48. The van der Waals surface area contributed by atoms with E-state index in [1.165, 1.54) is 4.31 Å². The minimum Gasteiger partial charge on any atom is -0.332 e. The smallest absolute Gasteiger partial charge is 0.243 e. The molecule has 0 N–H and O–H groups in total. The van der Waals surface area contributed by atoms with E-state index in [9.17, 15) is 13.2 Å². The Morgan fingerprint density at radius 2 is 1.59 bits per heavy atom. The van der Waals surface area contributed by atoms with Crippen molar-refractivity contribution >= 4 is 27.3 Å². The summed E-state index contributed by atoms with van der Waals surface area (Å²) in [5.41, 5.74) is 3.12. The number of carbonyl (C=O) groups is 1. The summed E-state index contributed by atoms with van der Waals surface area (Å²) in [4.78, 5) is 16.5. The Bertz CT molecular complexity index is 1140. The highest BCUT2D eigenvalue weighted by atomic mass is 32.2. The Balaban J connectivity index is 1.87. The van der Waals surface area contributed by atoms with Crippen molar-refractivity contribution in [2.75, 3.05) is 6.54 Å². The first-order valence-corrected chi connectivity index (χ1v) is 12.9. The molecular formula is C25H30N2O3S2. The van der Waals surface area contributed by atoms with Crippen molar-refractivity contribution < 1.29 is 13.2 Å². The molecule has 0 aliphatic heterocycles. The van der Waals surface area contributed by atoms with Crippen molar-refractivity contribution in [2.45, 2.75) is 51.7 Å². The Morgan fingerprint density at radius 1 is 0.938 bits per heavy atom. The molecule has 0 aliphatic rings. The zero-order valence-electron chi connectivity index (χ0n) is 19.0. The summed E-state index contributed by atoms with van der Waals surface area (Å²) in [5, 5.41) is 2.01. The number of aryl methyl sites for hydroxylation is 2. The highest BCUT2D eigenvalue weighted by Gasteiger charge is 2.31. The molecule has 170 valence electrons. The van der Waals surface area contributed by atoms with E-state index in [0.29, 0.717) is 13.1 Å².